The van der Waals surface area contributed by atoms with Gasteiger partial charge in [-0.15, -0.1) is 11.8 Å². The number of thioether (sulfide) groups is 1. The number of fused-ring (bicyclic) bond motifs is 1. The Morgan fingerprint density at radius 3 is 2.79 bits per heavy atom. The Balaban J connectivity index is 1.75. The first-order chi connectivity index (χ1) is 11.7. The van der Waals surface area contributed by atoms with Crippen LogP contribution in [-0.4, -0.2) is 24.5 Å². The van der Waals surface area contributed by atoms with Crippen molar-refractivity contribution in [2.24, 2.45) is 15.8 Å². The van der Waals surface area contributed by atoms with Gasteiger partial charge in [-0.25, -0.2) is 10.4 Å². The van der Waals surface area contributed by atoms with Crippen LogP contribution < -0.4 is 15.9 Å². The van der Waals surface area contributed by atoms with Gasteiger partial charge in [0.1, 0.15) is 5.75 Å². The Labute approximate surface area is 149 Å². The molecule has 2 aromatic carbocycles. The number of ether oxygens (including phenoxy) is 1. The molecule has 0 radical (unpaired) electrons. The molecule has 0 saturated heterocycles. The molecular formula is C17H17ClN4OS. The van der Waals surface area contributed by atoms with Crippen LogP contribution in [0.2, 0.25) is 5.02 Å². The molecule has 24 heavy (non-hydrogen) atoms. The molecule has 5 nitrogen and oxygen atoms in total. The minimum absolute atomic E-state index is 0.231. The number of hydrogen-bond donors (Lipinski definition) is 2. The summed E-state index contributed by atoms with van der Waals surface area (Å²) >= 11 is 7.89. The predicted octanol–water partition coefficient (Wildman–Crippen LogP) is 3.78. The number of aliphatic imine (C=N–C) groups is 1. The third-order valence-electron chi connectivity index (χ3n) is 3.48. The summed E-state index contributed by atoms with van der Waals surface area (Å²) in [5.41, 5.74) is 11.4. The lowest BCUT2D eigenvalue weighted by atomic mass is 10.1. The SMILES string of the molecule is COc1ccc(N=C(N)N/N=C2\CCSc3ccc(Cl)cc32)cc1. The molecule has 2 aromatic rings. The first-order valence-corrected chi connectivity index (χ1v) is 8.75. The van der Waals surface area contributed by atoms with Crippen molar-refractivity contribution in [2.75, 3.05) is 12.9 Å². The quantitative estimate of drug-likeness (QED) is 0.496. The van der Waals surface area contributed by atoms with Crippen molar-refractivity contribution in [3.63, 3.8) is 0 Å². The number of halogens is 1. The average Bonchev–Trinajstić information content (AvgIpc) is 2.60. The van der Waals surface area contributed by atoms with Gasteiger partial charge >= 0.3 is 0 Å². The van der Waals surface area contributed by atoms with Gasteiger partial charge < -0.3 is 10.5 Å². The molecule has 1 aliphatic rings. The number of hydrazone groups is 1. The van der Waals surface area contributed by atoms with E-state index in [9.17, 15) is 0 Å². The zero-order chi connectivity index (χ0) is 16.9. The maximum atomic E-state index is 6.09. The van der Waals surface area contributed by atoms with Crippen molar-refractivity contribution >= 4 is 40.7 Å². The molecule has 124 valence electrons. The Morgan fingerprint density at radius 1 is 1.25 bits per heavy atom. The van der Waals surface area contributed by atoms with E-state index in [1.807, 2.05) is 42.5 Å². The lowest BCUT2D eigenvalue weighted by Crippen LogP contribution is -2.28. The van der Waals surface area contributed by atoms with Crippen LogP contribution in [0, 0.1) is 0 Å². The van der Waals surface area contributed by atoms with Gasteiger partial charge in [0.15, 0.2) is 0 Å². The second kappa shape index (κ2) is 7.59. The second-order valence-electron chi connectivity index (χ2n) is 5.10. The van der Waals surface area contributed by atoms with E-state index in [-0.39, 0.29) is 5.96 Å². The number of hydrogen-bond acceptors (Lipinski definition) is 4. The van der Waals surface area contributed by atoms with Gasteiger partial charge in [-0.3, -0.25) is 0 Å². The minimum Gasteiger partial charge on any atom is -0.497 e. The third-order valence-corrected chi connectivity index (χ3v) is 4.79. The van der Waals surface area contributed by atoms with E-state index < -0.39 is 0 Å². The first kappa shape index (κ1) is 16.7. The van der Waals surface area contributed by atoms with Gasteiger partial charge in [-0.2, -0.15) is 5.10 Å². The van der Waals surface area contributed by atoms with Crippen LogP contribution in [0.25, 0.3) is 0 Å². The monoisotopic (exact) mass is 360 g/mol. The molecule has 1 heterocycles. The van der Waals surface area contributed by atoms with Crippen LogP contribution in [0.4, 0.5) is 5.69 Å². The van der Waals surface area contributed by atoms with Crippen molar-refractivity contribution in [3.05, 3.63) is 53.1 Å². The molecule has 0 spiro atoms. The Morgan fingerprint density at radius 2 is 2.04 bits per heavy atom. The van der Waals surface area contributed by atoms with Gasteiger partial charge in [0.05, 0.1) is 18.5 Å². The van der Waals surface area contributed by atoms with Gasteiger partial charge in [-0.05, 0) is 42.5 Å². The van der Waals surface area contributed by atoms with Crippen LogP contribution in [-0.2, 0) is 0 Å². The number of nitrogens with one attached hydrogen (secondary N) is 1. The van der Waals surface area contributed by atoms with E-state index in [1.165, 1.54) is 4.90 Å². The summed E-state index contributed by atoms with van der Waals surface area (Å²) in [5, 5.41) is 5.11. The first-order valence-electron chi connectivity index (χ1n) is 7.39. The Kier molecular flexibility index (Phi) is 5.27. The van der Waals surface area contributed by atoms with E-state index >= 15 is 0 Å². The van der Waals surface area contributed by atoms with E-state index in [0.29, 0.717) is 5.02 Å². The molecule has 0 fully saturated rings. The largest absolute Gasteiger partial charge is 0.497 e. The highest BCUT2D eigenvalue weighted by atomic mass is 35.5. The summed E-state index contributed by atoms with van der Waals surface area (Å²) in [4.78, 5) is 5.46. The lowest BCUT2D eigenvalue weighted by molar-refractivity contribution is 0.415. The molecule has 7 heteroatoms. The van der Waals surface area contributed by atoms with E-state index in [2.05, 4.69) is 15.5 Å². The topological polar surface area (TPSA) is 72.0 Å². The fraction of sp³-hybridized carbons (Fsp3) is 0.176. The zero-order valence-corrected chi connectivity index (χ0v) is 14.7. The lowest BCUT2D eigenvalue weighted by Gasteiger charge is -2.17. The minimum atomic E-state index is 0.231. The number of guanidine groups is 1. The molecule has 1 aliphatic heterocycles. The molecule has 0 bridgehead atoms. The molecule has 0 unspecified atom stereocenters. The summed E-state index contributed by atoms with van der Waals surface area (Å²) in [6.45, 7) is 0. The summed E-state index contributed by atoms with van der Waals surface area (Å²) in [6, 6.07) is 13.2. The average molecular weight is 361 g/mol. The second-order valence-corrected chi connectivity index (χ2v) is 6.68. The third kappa shape index (κ3) is 4.01. The summed E-state index contributed by atoms with van der Waals surface area (Å²) in [5.74, 6) is 1.98. The van der Waals surface area contributed by atoms with Gasteiger partial charge in [0.2, 0.25) is 5.96 Å². The molecule has 3 rings (SSSR count). The van der Waals surface area contributed by atoms with E-state index in [4.69, 9.17) is 22.1 Å². The molecule has 0 atom stereocenters. The number of nitrogens with zero attached hydrogens (tertiary/aromatic N) is 2. The molecular weight excluding hydrogens is 344 g/mol. The van der Waals surface area contributed by atoms with Crippen LogP contribution in [0.15, 0.2) is 57.5 Å². The highest BCUT2D eigenvalue weighted by Gasteiger charge is 2.16. The van der Waals surface area contributed by atoms with Gasteiger partial charge in [0.25, 0.3) is 0 Å². The predicted molar refractivity (Wildman–Crippen MR) is 101 cm³/mol. The number of methoxy groups -OCH3 is 1. The summed E-state index contributed by atoms with van der Waals surface area (Å²) in [7, 11) is 1.62. The highest BCUT2D eigenvalue weighted by Crippen LogP contribution is 2.32. The summed E-state index contributed by atoms with van der Waals surface area (Å²) < 4.78 is 5.11. The Hall–Kier alpha value is -2.18. The number of nitrogens with two attached hydrogens (primary N) is 1. The van der Waals surface area contributed by atoms with Crippen molar-refractivity contribution in [1.82, 2.24) is 5.43 Å². The molecule has 0 aliphatic carbocycles. The molecule has 3 N–H and O–H groups in total. The van der Waals surface area contributed by atoms with Crippen molar-refractivity contribution in [1.29, 1.82) is 0 Å². The fourth-order valence-corrected chi connectivity index (χ4v) is 3.49. The van der Waals surface area contributed by atoms with Crippen LogP contribution >= 0.6 is 23.4 Å². The van der Waals surface area contributed by atoms with Crippen LogP contribution in [0.1, 0.15) is 12.0 Å². The molecule has 0 amide bonds. The summed E-state index contributed by atoms with van der Waals surface area (Å²) in [6.07, 6.45) is 0.848. The highest BCUT2D eigenvalue weighted by molar-refractivity contribution is 7.99. The van der Waals surface area contributed by atoms with Crippen LogP contribution in [0.5, 0.6) is 5.75 Å². The zero-order valence-electron chi connectivity index (χ0n) is 13.1. The van der Waals surface area contributed by atoms with Gasteiger partial charge in [0, 0.05) is 27.7 Å². The maximum absolute atomic E-state index is 6.09. The Bertz CT molecular complexity index is 790. The number of benzene rings is 2. The van der Waals surface area contributed by atoms with Crippen molar-refractivity contribution in [2.45, 2.75) is 11.3 Å². The standard InChI is InChI=1S/C17H17ClN4OS/c1-23-13-5-3-12(4-6-13)20-17(19)22-21-15-8-9-24-16-7-2-11(18)10-14(15)16/h2-7,10H,8-9H2,1H3,(H3,19,20,22)/b21-15+. The molecule has 0 aromatic heterocycles. The fourth-order valence-electron chi connectivity index (χ4n) is 2.31. The van der Waals surface area contributed by atoms with E-state index in [1.54, 1.807) is 18.9 Å². The van der Waals surface area contributed by atoms with Crippen molar-refractivity contribution in [3.8, 4) is 5.75 Å². The van der Waals surface area contributed by atoms with Gasteiger partial charge in [-0.1, -0.05) is 11.6 Å². The van der Waals surface area contributed by atoms with E-state index in [0.717, 1.165) is 34.9 Å². The smallest absolute Gasteiger partial charge is 0.214 e. The number of rotatable bonds is 3. The maximum Gasteiger partial charge on any atom is 0.214 e. The van der Waals surface area contributed by atoms with Crippen molar-refractivity contribution < 1.29 is 4.74 Å². The normalized spacial score (nSPS) is 15.9. The molecule has 0 saturated carbocycles. The van der Waals surface area contributed by atoms with Crippen LogP contribution in [0.3, 0.4) is 0 Å².